The number of hydrogen-bond donors (Lipinski definition) is 1. The molecule has 1 amide bonds. The van der Waals surface area contributed by atoms with Crippen molar-refractivity contribution in [3.05, 3.63) is 24.3 Å². The predicted octanol–water partition coefficient (Wildman–Crippen LogP) is 2.79. The molecule has 0 atom stereocenters. The van der Waals surface area contributed by atoms with E-state index in [4.69, 9.17) is 14.2 Å². The van der Waals surface area contributed by atoms with Crippen LogP contribution in [0.15, 0.2) is 24.3 Å². The zero-order valence-electron chi connectivity index (χ0n) is 13.9. The maximum Gasteiger partial charge on any atom is 0.257 e. The van der Waals surface area contributed by atoms with E-state index in [2.05, 4.69) is 5.32 Å². The molecule has 5 heteroatoms. The fraction of sp³-hybridized carbons (Fsp3) is 0.611. The summed E-state index contributed by atoms with van der Waals surface area (Å²) in [6.07, 6.45) is 4.44. The van der Waals surface area contributed by atoms with Crippen molar-refractivity contribution >= 4 is 5.91 Å². The summed E-state index contributed by atoms with van der Waals surface area (Å²) in [6.45, 7) is 4.96. The van der Waals surface area contributed by atoms with Crippen LogP contribution in [0.5, 0.6) is 11.5 Å². The van der Waals surface area contributed by atoms with Crippen molar-refractivity contribution < 1.29 is 19.0 Å². The lowest BCUT2D eigenvalue weighted by Gasteiger charge is -2.21. The van der Waals surface area contributed by atoms with Crippen LogP contribution in [-0.2, 0) is 9.53 Å². The quantitative estimate of drug-likeness (QED) is 0.711. The van der Waals surface area contributed by atoms with Gasteiger partial charge in [0.05, 0.1) is 6.61 Å². The minimum absolute atomic E-state index is 0.0152. The molecule has 2 rings (SSSR count). The molecular weight excluding hydrogens is 294 g/mol. The van der Waals surface area contributed by atoms with Gasteiger partial charge in [-0.2, -0.15) is 0 Å². The molecule has 1 fully saturated rings. The summed E-state index contributed by atoms with van der Waals surface area (Å²) in [5.41, 5.74) is 0. The van der Waals surface area contributed by atoms with Gasteiger partial charge in [-0.05, 0) is 50.7 Å². The Morgan fingerprint density at radius 3 is 2.61 bits per heavy atom. The number of nitrogens with one attached hydrogen (secondary N) is 1. The number of carbonyl (C=O) groups is 1. The van der Waals surface area contributed by atoms with E-state index >= 15 is 0 Å². The second-order valence-corrected chi connectivity index (χ2v) is 5.72. The first-order chi connectivity index (χ1) is 11.3. The Labute approximate surface area is 138 Å². The van der Waals surface area contributed by atoms with Gasteiger partial charge in [-0.3, -0.25) is 4.79 Å². The third-order valence-electron chi connectivity index (χ3n) is 3.96. The summed E-state index contributed by atoms with van der Waals surface area (Å²) >= 11 is 0. The standard InChI is InChI=1S/C18H27NO4/c1-2-22-16-7-3-4-8-17(16)23-14-18(20)19-11-5-6-15-9-12-21-13-10-15/h3-4,7-8,15H,2,5-6,9-14H2,1H3,(H,19,20). The number of amides is 1. The van der Waals surface area contributed by atoms with Gasteiger partial charge in [0.25, 0.3) is 5.91 Å². The number of benzene rings is 1. The highest BCUT2D eigenvalue weighted by Gasteiger charge is 2.13. The van der Waals surface area contributed by atoms with Gasteiger partial charge < -0.3 is 19.5 Å². The summed E-state index contributed by atoms with van der Waals surface area (Å²) in [5, 5.41) is 2.91. The van der Waals surface area contributed by atoms with E-state index in [1.807, 2.05) is 31.2 Å². The molecule has 0 radical (unpaired) electrons. The van der Waals surface area contributed by atoms with E-state index in [0.29, 0.717) is 24.7 Å². The van der Waals surface area contributed by atoms with Gasteiger partial charge in [0.1, 0.15) is 0 Å². The first-order valence-electron chi connectivity index (χ1n) is 8.48. The summed E-state index contributed by atoms with van der Waals surface area (Å²) in [5.74, 6) is 1.92. The summed E-state index contributed by atoms with van der Waals surface area (Å²) in [6, 6.07) is 7.39. The molecule has 1 heterocycles. The van der Waals surface area contributed by atoms with E-state index < -0.39 is 0 Å². The first kappa shape index (κ1) is 17.6. The monoisotopic (exact) mass is 321 g/mol. The Morgan fingerprint density at radius 1 is 1.22 bits per heavy atom. The Bertz CT molecular complexity index is 472. The van der Waals surface area contributed by atoms with E-state index in [9.17, 15) is 4.79 Å². The minimum atomic E-state index is -0.0942. The van der Waals surface area contributed by atoms with Crippen LogP contribution in [0.2, 0.25) is 0 Å². The van der Waals surface area contributed by atoms with Crippen molar-refractivity contribution in [3.8, 4) is 11.5 Å². The van der Waals surface area contributed by atoms with Crippen molar-refractivity contribution in [2.24, 2.45) is 5.92 Å². The number of hydrogen-bond acceptors (Lipinski definition) is 4. The van der Waals surface area contributed by atoms with Crippen molar-refractivity contribution in [1.29, 1.82) is 0 Å². The highest BCUT2D eigenvalue weighted by Crippen LogP contribution is 2.26. The molecule has 0 spiro atoms. The average molecular weight is 321 g/mol. The van der Waals surface area contributed by atoms with Gasteiger partial charge in [-0.25, -0.2) is 0 Å². The molecule has 0 aliphatic carbocycles. The first-order valence-corrected chi connectivity index (χ1v) is 8.48. The molecule has 5 nitrogen and oxygen atoms in total. The van der Waals surface area contributed by atoms with Crippen LogP contribution in [0, 0.1) is 5.92 Å². The maximum atomic E-state index is 11.8. The van der Waals surface area contributed by atoms with Gasteiger partial charge in [-0.1, -0.05) is 12.1 Å². The minimum Gasteiger partial charge on any atom is -0.490 e. The lowest BCUT2D eigenvalue weighted by molar-refractivity contribution is -0.123. The Morgan fingerprint density at radius 2 is 1.91 bits per heavy atom. The highest BCUT2D eigenvalue weighted by atomic mass is 16.5. The normalized spacial score (nSPS) is 15.2. The fourth-order valence-corrected chi connectivity index (χ4v) is 2.69. The lowest BCUT2D eigenvalue weighted by Crippen LogP contribution is -2.30. The van der Waals surface area contributed by atoms with Gasteiger partial charge in [0, 0.05) is 19.8 Å². The van der Waals surface area contributed by atoms with Crippen LogP contribution < -0.4 is 14.8 Å². The summed E-state index contributed by atoms with van der Waals surface area (Å²) in [4.78, 5) is 11.8. The predicted molar refractivity (Wildman–Crippen MR) is 88.9 cm³/mol. The highest BCUT2D eigenvalue weighted by molar-refractivity contribution is 5.77. The molecule has 1 N–H and O–H groups in total. The molecule has 1 aromatic rings. The molecule has 1 saturated heterocycles. The van der Waals surface area contributed by atoms with Crippen LogP contribution in [0.25, 0.3) is 0 Å². The molecule has 0 unspecified atom stereocenters. The Kier molecular flexibility index (Phi) is 7.73. The molecule has 0 aromatic heterocycles. The molecule has 1 aromatic carbocycles. The molecule has 128 valence electrons. The maximum absolute atomic E-state index is 11.8. The zero-order valence-corrected chi connectivity index (χ0v) is 13.9. The van der Waals surface area contributed by atoms with Crippen molar-refractivity contribution in [2.45, 2.75) is 32.6 Å². The van der Waals surface area contributed by atoms with Crippen LogP contribution >= 0.6 is 0 Å². The topological polar surface area (TPSA) is 56.8 Å². The number of ether oxygens (including phenoxy) is 3. The molecule has 23 heavy (non-hydrogen) atoms. The number of para-hydroxylation sites is 2. The van der Waals surface area contributed by atoms with Crippen LogP contribution in [0.4, 0.5) is 0 Å². The molecule has 0 bridgehead atoms. The van der Waals surface area contributed by atoms with Crippen LogP contribution in [0.3, 0.4) is 0 Å². The van der Waals surface area contributed by atoms with Crippen LogP contribution in [-0.4, -0.2) is 38.9 Å². The summed E-state index contributed by atoms with van der Waals surface area (Å²) in [7, 11) is 0. The second-order valence-electron chi connectivity index (χ2n) is 5.72. The Hall–Kier alpha value is -1.75. The van der Waals surface area contributed by atoms with E-state index in [-0.39, 0.29) is 12.5 Å². The molecule has 0 saturated carbocycles. The van der Waals surface area contributed by atoms with Gasteiger partial charge in [0.15, 0.2) is 18.1 Å². The van der Waals surface area contributed by atoms with E-state index in [1.165, 1.54) is 0 Å². The van der Waals surface area contributed by atoms with Crippen molar-refractivity contribution in [3.63, 3.8) is 0 Å². The molecule has 1 aliphatic heterocycles. The van der Waals surface area contributed by atoms with Crippen LogP contribution in [0.1, 0.15) is 32.6 Å². The molecule has 1 aliphatic rings. The summed E-state index contributed by atoms with van der Waals surface area (Å²) < 4.78 is 16.4. The number of carbonyl (C=O) groups excluding carboxylic acids is 1. The van der Waals surface area contributed by atoms with Gasteiger partial charge >= 0.3 is 0 Å². The zero-order chi connectivity index (χ0) is 16.3. The van der Waals surface area contributed by atoms with Crippen molar-refractivity contribution in [1.82, 2.24) is 5.32 Å². The van der Waals surface area contributed by atoms with Gasteiger partial charge in [0.2, 0.25) is 0 Å². The number of rotatable bonds is 9. The average Bonchev–Trinajstić information content (AvgIpc) is 2.59. The van der Waals surface area contributed by atoms with E-state index in [0.717, 1.165) is 44.8 Å². The Balaban J connectivity index is 1.61. The second kappa shape index (κ2) is 10.1. The SMILES string of the molecule is CCOc1ccccc1OCC(=O)NCCCC1CCOCC1. The largest absolute Gasteiger partial charge is 0.490 e. The smallest absolute Gasteiger partial charge is 0.257 e. The van der Waals surface area contributed by atoms with E-state index in [1.54, 1.807) is 0 Å². The molecular formula is C18H27NO4. The third kappa shape index (κ3) is 6.48. The lowest BCUT2D eigenvalue weighted by atomic mass is 9.95. The third-order valence-corrected chi connectivity index (χ3v) is 3.96. The van der Waals surface area contributed by atoms with Crippen molar-refractivity contribution in [2.75, 3.05) is 33.0 Å². The van der Waals surface area contributed by atoms with Gasteiger partial charge in [-0.15, -0.1) is 0 Å². The fourth-order valence-electron chi connectivity index (χ4n) is 2.69.